The van der Waals surface area contributed by atoms with Crippen LogP contribution < -0.4 is 0 Å². The number of rotatable bonds is 0. The molecular weight excluding hydrogens is 144 g/mol. The number of nitrogens with zero attached hydrogens (tertiary/aromatic N) is 2. The van der Waals surface area contributed by atoms with Crippen LogP contribution in [0.25, 0.3) is 4.85 Å². The van der Waals surface area contributed by atoms with E-state index in [9.17, 15) is 0 Å². The minimum absolute atomic E-state index is 0.498. The summed E-state index contributed by atoms with van der Waals surface area (Å²) in [6.07, 6.45) is 0. The lowest BCUT2D eigenvalue weighted by Crippen LogP contribution is -1.60. The molecule has 0 aliphatic heterocycles. The molecule has 1 aromatic heterocycles. The van der Waals surface area contributed by atoms with E-state index >= 15 is 0 Å². The molecule has 0 N–H and O–H groups in total. The first-order valence-electron chi connectivity index (χ1n) is 2.66. The third kappa shape index (κ3) is 1.00. The highest BCUT2D eigenvalue weighted by Gasteiger charge is 2.03. The van der Waals surface area contributed by atoms with E-state index in [4.69, 9.17) is 11.8 Å². The minimum atomic E-state index is 0.498. The number of nitriles is 1. The zero-order valence-electron chi connectivity index (χ0n) is 5.38. The molecule has 0 amide bonds. The van der Waals surface area contributed by atoms with Gasteiger partial charge in [0.05, 0.1) is 18.2 Å². The SMILES string of the molecule is [C-]#[N+]c1sc(C)cc1C#N. The lowest BCUT2D eigenvalue weighted by molar-refractivity contribution is 1.50. The van der Waals surface area contributed by atoms with Crippen molar-refractivity contribution in [1.82, 2.24) is 0 Å². The Morgan fingerprint density at radius 3 is 2.90 bits per heavy atom. The number of thiophene rings is 1. The molecule has 0 aliphatic carbocycles. The molecule has 0 radical (unpaired) electrons. The van der Waals surface area contributed by atoms with Crippen LogP contribution in [0.3, 0.4) is 0 Å². The summed E-state index contributed by atoms with van der Waals surface area (Å²) in [7, 11) is 0. The predicted molar refractivity (Wildman–Crippen MR) is 40.0 cm³/mol. The van der Waals surface area contributed by atoms with Crippen LogP contribution in [0.5, 0.6) is 0 Å². The highest BCUT2D eigenvalue weighted by atomic mass is 32.1. The van der Waals surface area contributed by atoms with Gasteiger partial charge in [-0.3, -0.25) is 0 Å². The fraction of sp³-hybridized carbons (Fsp3) is 0.143. The molecule has 0 bridgehead atoms. The van der Waals surface area contributed by atoms with E-state index < -0.39 is 0 Å². The van der Waals surface area contributed by atoms with Gasteiger partial charge in [0, 0.05) is 0 Å². The van der Waals surface area contributed by atoms with Crippen LogP contribution in [0.1, 0.15) is 10.4 Å². The Morgan fingerprint density at radius 1 is 1.80 bits per heavy atom. The van der Waals surface area contributed by atoms with Crippen molar-refractivity contribution in [3.05, 3.63) is 27.9 Å². The fourth-order valence-electron chi connectivity index (χ4n) is 0.665. The van der Waals surface area contributed by atoms with Crippen LogP contribution >= 0.6 is 11.3 Å². The molecule has 1 heterocycles. The molecule has 2 nitrogen and oxygen atoms in total. The quantitative estimate of drug-likeness (QED) is 0.519. The van der Waals surface area contributed by atoms with Gasteiger partial charge in [-0.05, 0) is 17.9 Å². The average molecular weight is 148 g/mol. The van der Waals surface area contributed by atoms with Crippen molar-refractivity contribution >= 4 is 16.3 Å². The second-order valence-electron chi connectivity index (χ2n) is 1.80. The highest BCUT2D eigenvalue weighted by Crippen LogP contribution is 2.29. The summed E-state index contributed by atoms with van der Waals surface area (Å²) in [5.74, 6) is 0. The number of hydrogen-bond acceptors (Lipinski definition) is 2. The first-order chi connectivity index (χ1) is 4.77. The van der Waals surface area contributed by atoms with Gasteiger partial charge in [0.1, 0.15) is 0 Å². The molecule has 0 aromatic carbocycles. The van der Waals surface area contributed by atoms with Gasteiger partial charge in [0.25, 0.3) is 5.00 Å². The normalized spacial score (nSPS) is 8.30. The third-order valence-corrected chi connectivity index (χ3v) is 2.00. The summed E-state index contributed by atoms with van der Waals surface area (Å²) < 4.78 is 0. The maximum absolute atomic E-state index is 8.48. The standard InChI is InChI=1S/C7H4N2S/c1-5-3-6(4-8)7(9-2)10-5/h3H,1H3. The summed E-state index contributed by atoms with van der Waals surface area (Å²) in [6, 6.07) is 3.70. The smallest absolute Gasteiger partial charge is 0.225 e. The lowest BCUT2D eigenvalue weighted by atomic mass is 10.3. The van der Waals surface area contributed by atoms with Crippen LogP contribution in [0.2, 0.25) is 0 Å². The van der Waals surface area contributed by atoms with Crippen molar-refractivity contribution in [3.8, 4) is 6.07 Å². The van der Waals surface area contributed by atoms with Gasteiger partial charge in [0.15, 0.2) is 0 Å². The van der Waals surface area contributed by atoms with Gasteiger partial charge in [-0.2, -0.15) is 16.6 Å². The van der Waals surface area contributed by atoms with E-state index in [0.29, 0.717) is 10.6 Å². The largest absolute Gasteiger partial charge is 0.258 e. The third-order valence-electron chi connectivity index (χ3n) is 1.06. The van der Waals surface area contributed by atoms with E-state index in [0.717, 1.165) is 4.88 Å². The summed E-state index contributed by atoms with van der Waals surface area (Å²) in [4.78, 5) is 4.22. The van der Waals surface area contributed by atoms with Crippen molar-refractivity contribution in [2.75, 3.05) is 0 Å². The predicted octanol–water partition coefficient (Wildman–Crippen LogP) is 2.48. The molecule has 0 saturated carbocycles. The van der Waals surface area contributed by atoms with Crippen molar-refractivity contribution in [2.24, 2.45) is 0 Å². The van der Waals surface area contributed by atoms with Crippen LogP contribution in [0, 0.1) is 24.8 Å². The summed E-state index contributed by atoms with van der Waals surface area (Å²) in [5.41, 5.74) is 0.498. The Labute approximate surface area is 63.2 Å². The Kier molecular flexibility index (Phi) is 1.71. The van der Waals surface area contributed by atoms with Crippen molar-refractivity contribution in [3.63, 3.8) is 0 Å². The average Bonchev–Trinajstić information content (AvgIpc) is 2.30. The Bertz CT molecular complexity index is 293. The Balaban J connectivity index is 3.28. The van der Waals surface area contributed by atoms with E-state index in [-0.39, 0.29) is 0 Å². The molecule has 0 atom stereocenters. The second kappa shape index (κ2) is 2.51. The zero-order chi connectivity index (χ0) is 7.56. The number of aryl methyl sites for hydroxylation is 1. The van der Waals surface area contributed by atoms with Crippen molar-refractivity contribution in [1.29, 1.82) is 5.26 Å². The first kappa shape index (κ1) is 6.80. The molecule has 1 rings (SSSR count). The Hall–Kier alpha value is -1.32. The van der Waals surface area contributed by atoms with E-state index in [1.54, 1.807) is 6.07 Å². The Morgan fingerprint density at radius 2 is 2.50 bits per heavy atom. The zero-order valence-corrected chi connectivity index (χ0v) is 6.20. The monoisotopic (exact) mass is 148 g/mol. The van der Waals surface area contributed by atoms with Gasteiger partial charge in [-0.1, -0.05) is 0 Å². The minimum Gasteiger partial charge on any atom is -0.225 e. The van der Waals surface area contributed by atoms with E-state index in [2.05, 4.69) is 4.85 Å². The number of hydrogen-bond donors (Lipinski definition) is 0. The lowest BCUT2D eigenvalue weighted by Gasteiger charge is -1.74. The molecular formula is C7H4N2S. The molecule has 0 spiro atoms. The second-order valence-corrected chi connectivity index (χ2v) is 3.03. The molecule has 0 aliphatic rings. The van der Waals surface area contributed by atoms with Crippen LogP contribution in [-0.2, 0) is 0 Å². The maximum Gasteiger partial charge on any atom is 0.258 e. The van der Waals surface area contributed by atoms with Crippen LogP contribution in [0.4, 0.5) is 5.00 Å². The van der Waals surface area contributed by atoms with Gasteiger partial charge in [0.2, 0.25) is 0 Å². The van der Waals surface area contributed by atoms with Gasteiger partial charge in [-0.25, -0.2) is 4.85 Å². The molecule has 3 heteroatoms. The molecule has 48 valence electrons. The van der Waals surface area contributed by atoms with Crippen LogP contribution in [0.15, 0.2) is 6.07 Å². The van der Waals surface area contributed by atoms with Gasteiger partial charge in [-0.15, -0.1) is 0 Å². The summed E-state index contributed by atoms with van der Waals surface area (Å²) >= 11 is 1.36. The summed E-state index contributed by atoms with van der Waals surface area (Å²) in [6.45, 7) is 8.57. The van der Waals surface area contributed by atoms with E-state index in [1.165, 1.54) is 11.3 Å². The first-order valence-corrected chi connectivity index (χ1v) is 3.47. The molecule has 10 heavy (non-hydrogen) atoms. The fourth-order valence-corrected chi connectivity index (χ4v) is 1.41. The highest BCUT2D eigenvalue weighted by molar-refractivity contribution is 7.16. The van der Waals surface area contributed by atoms with E-state index in [1.807, 2.05) is 13.0 Å². The molecule has 0 unspecified atom stereocenters. The molecule has 0 fully saturated rings. The van der Waals surface area contributed by atoms with Crippen LogP contribution in [-0.4, -0.2) is 0 Å². The molecule has 1 aromatic rings. The van der Waals surface area contributed by atoms with Gasteiger partial charge < -0.3 is 0 Å². The topological polar surface area (TPSA) is 28.1 Å². The van der Waals surface area contributed by atoms with Crippen molar-refractivity contribution < 1.29 is 0 Å². The maximum atomic E-state index is 8.48. The molecule has 0 saturated heterocycles. The summed E-state index contributed by atoms with van der Waals surface area (Å²) in [5, 5.41) is 8.98. The van der Waals surface area contributed by atoms with Gasteiger partial charge >= 0.3 is 0 Å². The van der Waals surface area contributed by atoms with Crippen molar-refractivity contribution in [2.45, 2.75) is 6.92 Å².